The summed E-state index contributed by atoms with van der Waals surface area (Å²) in [4.78, 5) is 4.60. The van der Waals surface area contributed by atoms with Gasteiger partial charge in [-0.15, -0.1) is 9.24 Å². The van der Waals surface area contributed by atoms with E-state index >= 15 is 0 Å². The van der Waals surface area contributed by atoms with Crippen molar-refractivity contribution in [2.24, 2.45) is 0 Å². The topological polar surface area (TPSA) is 12.9 Å². The van der Waals surface area contributed by atoms with Gasteiger partial charge in [-0.05, 0) is 62.1 Å². The highest BCUT2D eigenvalue weighted by molar-refractivity contribution is 7.27. The second kappa shape index (κ2) is 8.28. The molecule has 1 nitrogen and oxygen atoms in total. The zero-order valence-electron chi connectivity index (χ0n) is 18.1. The van der Waals surface area contributed by atoms with E-state index in [9.17, 15) is 0 Å². The first-order valence-electron chi connectivity index (χ1n) is 11.1. The molecule has 1 atom stereocenters. The van der Waals surface area contributed by atoms with Gasteiger partial charge in [0.2, 0.25) is 0 Å². The molecule has 0 saturated carbocycles. The third kappa shape index (κ3) is 3.82. The summed E-state index contributed by atoms with van der Waals surface area (Å²) in [5, 5.41) is 4.87. The van der Waals surface area contributed by atoms with E-state index in [1.807, 2.05) is 12.3 Å². The van der Waals surface area contributed by atoms with Crippen molar-refractivity contribution in [3.63, 3.8) is 0 Å². The third-order valence-corrected chi connectivity index (χ3v) is 6.63. The normalized spacial score (nSPS) is 11.2. The minimum atomic E-state index is 1.04. The lowest BCUT2D eigenvalue weighted by Gasteiger charge is -2.09. The average Bonchev–Trinajstić information content (AvgIpc) is 2.88. The molecule has 0 bridgehead atoms. The maximum atomic E-state index is 4.60. The lowest BCUT2D eigenvalue weighted by Crippen LogP contribution is -1.88. The van der Waals surface area contributed by atoms with Gasteiger partial charge in [0.15, 0.2) is 0 Å². The molecule has 1 aromatic heterocycles. The van der Waals surface area contributed by atoms with Crippen LogP contribution >= 0.6 is 9.24 Å². The highest BCUT2D eigenvalue weighted by Gasteiger charge is 2.07. The molecule has 0 fully saturated rings. The second-order valence-electron chi connectivity index (χ2n) is 8.36. The van der Waals surface area contributed by atoms with Gasteiger partial charge in [0, 0.05) is 17.1 Å². The first-order chi connectivity index (χ1) is 16.2. The summed E-state index contributed by atoms with van der Waals surface area (Å²) in [5.41, 5.74) is 8.32. The molecule has 1 unspecified atom stereocenters. The Kier molecular flexibility index (Phi) is 4.98. The van der Waals surface area contributed by atoms with Gasteiger partial charge in [0.1, 0.15) is 0 Å². The Morgan fingerprint density at radius 1 is 0.455 bits per heavy atom. The molecular weight excluding hydrogens is 417 g/mol. The summed E-state index contributed by atoms with van der Waals surface area (Å²) in [7, 11) is 2.74. The number of para-hydroxylation sites is 1. The molecule has 33 heavy (non-hydrogen) atoms. The van der Waals surface area contributed by atoms with E-state index in [-0.39, 0.29) is 0 Å². The number of hydrogen-bond donors (Lipinski definition) is 0. The van der Waals surface area contributed by atoms with Crippen LogP contribution in [0.5, 0.6) is 0 Å². The maximum Gasteiger partial charge on any atom is 0.0780 e. The molecule has 6 rings (SSSR count). The van der Waals surface area contributed by atoms with Crippen LogP contribution in [-0.2, 0) is 0 Å². The Morgan fingerprint density at radius 3 is 1.67 bits per heavy atom. The van der Waals surface area contributed by atoms with Gasteiger partial charge in [-0.2, -0.15) is 0 Å². The molecule has 5 aromatic carbocycles. The average molecular weight is 439 g/mol. The summed E-state index contributed by atoms with van der Waals surface area (Å²) in [6.45, 7) is 0. The summed E-state index contributed by atoms with van der Waals surface area (Å²) in [5.74, 6) is 0. The van der Waals surface area contributed by atoms with Crippen LogP contribution < -0.4 is 5.30 Å². The molecule has 0 N–H and O–H groups in total. The van der Waals surface area contributed by atoms with Gasteiger partial charge in [0.25, 0.3) is 0 Å². The van der Waals surface area contributed by atoms with Crippen molar-refractivity contribution in [2.45, 2.75) is 0 Å². The Hall–Kier alpha value is -3.80. The minimum Gasteiger partial charge on any atom is -0.256 e. The number of rotatable bonds is 3. The number of fused-ring (bicyclic) bond motifs is 2. The van der Waals surface area contributed by atoms with E-state index in [1.54, 1.807) is 0 Å². The van der Waals surface area contributed by atoms with Gasteiger partial charge in [-0.3, -0.25) is 4.98 Å². The number of nitrogens with zero attached hydrogens (tertiary/aromatic N) is 1. The van der Waals surface area contributed by atoms with Crippen LogP contribution in [0.2, 0.25) is 0 Å². The first-order valence-corrected chi connectivity index (χ1v) is 11.7. The van der Waals surface area contributed by atoms with Crippen LogP contribution in [0.25, 0.3) is 55.1 Å². The fourth-order valence-corrected chi connectivity index (χ4v) is 4.65. The quantitative estimate of drug-likeness (QED) is 0.256. The van der Waals surface area contributed by atoms with Gasteiger partial charge in [-0.25, -0.2) is 0 Å². The van der Waals surface area contributed by atoms with Crippen LogP contribution in [0.4, 0.5) is 0 Å². The van der Waals surface area contributed by atoms with E-state index in [0.29, 0.717) is 0 Å². The Bertz CT molecular complexity index is 1590. The predicted octanol–water partition coefficient (Wildman–Crippen LogP) is 7.89. The molecule has 0 aliphatic carbocycles. The molecule has 2 heteroatoms. The Morgan fingerprint density at radius 2 is 1.00 bits per heavy atom. The largest absolute Gasteiger partial charge is 0.256 e. The van der Waals surface area contributed by atoms with E-state index in [1.165, 1.54) is 49.5 Å². The zero-order chi connectivity index (χ0) is 22.2. The van der Waals surface area contributed by atoms with Gasteiger partial charge >= 0.3 is 0 Å². The molecule has 0 radical (unpaired) electrons. The van der Waals surface area contributed by atoms with Crippen LogP contribution in [0.1, 0.15) is 0 Å². The molecule has 0 amide bonds. The first kappa shape index (κ1) is 19.9. The standard InChI is InChI=1S/C31H22NP/c33-29-16-14-22(15-17-29)26-11-13-27-19-25(10-12-28(27)20-26)21-6-8-23(9-7-21)30-5-1-3-24-4-2-18-32-31(24)30/h1-20H,33H2. The maximum absolute atomic E-state index is 4.60. The van der Waals surface area contributed by atoms with Crippen LogP contribution in [0, 0.1) is 0 Å². The van der Waals surface area contributed by atoms with E-state index in [2.05, 4.69) is 123 Å². The van der Waals surface area contributed by atoms with Crippen molar-refractivity contribution in [1.29, 1.82) is 0 Å². The molecule has 0 saturated heterocycles. The summed E-state index contributed by atoms with van der Waals surface area (Å²) >= 11 is 0. The monoisotopic (exact) mass is 439 g/mol. The smallest absolute Gasteiger partial charge is 0.0780 e. The molecule has 156 valence electrons. The highest BCUT2D eigenvalue weighted by atomic mass is 31.0. The summed E-state index contributed by atoms with van der Waals surface area (Å²) in [6, 6.07) is 41.3. The van der Waals surface area contributed by atoms with Crippen molar-refractivity contribution in [3.05, 3.63) is 121 Å². The lowest BCUT2D eigenvalue weighted by molar-refractivity contribution is 1.41. The number of aromatic nitrogens is 1. The molecule has 0 aliphatic heterocycles. The molecule has 1 heterocycles. The Labute approximate surface area is 196 Å². The highest BCUT2D eigenvalue weighted by Crippen LogP contribution is 2.31. The van der Waals surface area contributed by atoms with Gasteiger partial charge < -0.3 is 0 Å². The van der Waals surface area contributed by atoms with Crippen LogP contribution in [-0.4, -0.2) is 4.98 Å². The zero-order valence-corrected chi connectivity index (χ0v) is 19.2. The van der Waals surface area contributed by atoms with Crippen molar-refractivity contribution in [2.75, 3.05) is 0 Å². The van der Waals surface area contributed by atoms with E-state index in [4.69, 9.17) is 0 Å². The predicted molar refractivity (Wildman–Crippen MR) is 145 cm³/mol. The summed E-state index contributed by atoms with van der Waals surface area (Å²) < 4.78 is 0. The van der Waals surface area contributed by atoms with Crippen LogP contribution in [0.3, 0.4) is 0 Å². The SMILES string of the molecule is Pc1ccc(-c2ccc3cc(-c4ccc(-c5cccc6cccnc56)cc4)ccc3c2)cc1. The summed E-state index contributed by atoms with van der Waals surface area (Å²) in [6.07, 6.45) is 1.86. The van der Waals surface area contributed by atoms with Crippen molar-refractivity contribution in [1.82, 2.24) is 4.98 Å². The Balaban J connectivity index is 1.33. The number of pyridine rings is 1. The van der Waals surface area contributed by atoms with Gasteiger partial charge in [-0.1, -0.05) is 97.1 Å². The van der Waals surface area contributed by atoms with Crippen LogP contribution in [0.15, 0.2) is 121 Å². The second-order valence-corrected chi connectivity index (χ2v) is 9.02. The lowest BCUT2D eigenvalue weighted by atomic mass is 9.96. The third-order valence-electron chi connectivity index (χ3n) is 6.25. The molecule has 0 spiro atoms. The number of hydrogen-bond acceptors (Lipinski definition) is 1. The van der Waals surface area contributed by atoms with Crippen molar-refractivity contribution in [3.8, 4) is 33.4 Å². The van der Waals surface area contributed by atoms with Gasteiger partial charge in [0.05, 0.1) is 5.52 Å². The number of benzene rings is 5. The fraction of sp³-hybridized carbons (Fsp3) is 0. The fourth-order valence-electron chi connectivity index (χ4n) is 4.46. The van der Waals surface area contributed by atoms with Crippen molar-refractivity contribution >= 4 is 36.2 Å². The molecule has 6 aromatic rings. The van der Waals surface area contributed by atoms with E-state index in [0.717, 1.165) is 10.9 Å². The molecule has 0 aliphatic rings. The van der Waals surface area contributed by atoms with E-state index < -0.39 is 0 Å². The minimum absolute atomic E-state index is 1.04. The van der Waals surface area contributed by atoms with Crippen molar-refractivity contribution < 1.29 is 0 Å². The molecular formula is C31H22NP.